The third-order valence-corrected chi connectivity index (χ3v) is 6.39. The normalized spacial score (nSPS) is 22.7. The first-order chi connectivity index (χ1) is 13.3. The lowest BCUT2D eigenvalue weighted by Gasteiger charge is -2.39. The molecule has 3 aliphatic rings. The van der Waals surface area contributed by atoms with E-state index in [0.717, 1.165) is 56.6 Å². The summed E-state index contributed by atoms with van der Waals surface area (Å²) in [5, 5.41) is 6.08. The van der Waals surface area contributed by atoms with E-state index in [1.807, 2.05) is 12.1 Å². The molecule has 0 atom stereocenters. The van der Waals surface area contributed by atoms with Gasteiger partial charge >= 0.3 is 6.03 Å². The highest BCUT2D eigenvalue weighted by Gasteiger charge is 2.26. The standard InChI is InChI=1S/C21H33N5O/c27-21(24-18-8-9-20(22-16-18)26-12-4-5-13-26)23-17-10-14-25(15-11-17)19-6-2-1-3-7-19/h8-9,16-17,19H,1-7,10-15H2,(H2,23,24,27). The van der Waals surface area contributed by atoms with Crippen molar-refractivity contribution in [3.05, 3.63) is 18.3 Å². The zero-order chi connectivity index (χ0) is 18.5. The Hall–Kier alpha value is -1.82. The number of hydrogen-bond acceptors (Lipinski definition) is 4. The number of pyridine rings is 1. The summed E-state index contributed by atoms with van der Waals surface area (Å²) in [6, 6.07) is 4.91. The molecule has 0 unspecified atom stereocenters. The van der Waals surface area contributed by atoms with Crippen LogP contribution < -0.4 is 15.5 Å². The average molecular weight is 372 g/mol. The fourth-order valence-electron chi connectivity index (χ4n) is 4.80. The van der Waals surface area contributed by atoms with Crippen LogP contribution in [-0.4, -0.2) is 54.2 Å². The summed E-state index contributed by atoms with van der Waals surface area (Å²) in [7, 11) is 0. The summed E-state index contributed by atoms with van der Waals surface area (Å²) in [6.07, 6.45) is 13.2. The van der Waals surface area contributed by atoms with Crippen LogP contribution in [0.1, 0.15) is 57.8 Å². The molecule has 2 N–H and O–H groups in total. The number of nitrogens with one attached hydrogen (secondary N) is 2. The second kappa shape index (κ2) is 8.91. The first-order valence-corrected chi connectivity index (χ1v) is 10.8. The minimum Gasteiger partial charge on any atom is -0.357 e. The number of aromatic nitrogens is 1. The minimum atomic E-state index is -0.109. The Morgan fingerprint density at radius 2 is 1.67 bits per heavy atom. The van der Waals surface area contributed by atoms with E-state index in [9.17, 15) is 4.79 Å². The maximum atomic E-state index is 12.3. The zero-order valence-corrected chi connectivity index (χ0v) is 16.3. The molecule has 0 aromatic carbocycles. The van der Waals surface area contributed by atoms with Gasteiger partial charge in [-0.1, -0.05) is 19.3 Å². The summed E-state index contributed by atoms with van der Waals surface area (Å²) in [6.45, 7) is 4.39. The monoisotopic (exact) mass is 371 g/mol. The van der Waals surface area contributed by atoms with Crippen molar-refractivity contribution >= 4 is 17.5 Å². The van der Waals surface area contributed by atoms with Gasteiger partial charge in [-0.25, -0.2) is 9.78 Å². The van der Waals surface area contributed by atoms with Crippen LogP contribution in [0, 0.1) is 0 Å². The number of urea groups is 1. The summed E-state index contributed by atoms with van der Waals surface area (Å²) in [5.41, 5.74) is 0.759. The molecule has 3 heterocycles. The first kappa shape index (κ1) is 18.5. The van der Waals surface area contributed by atoms with Gasteiger partial charge in [0.25, 0.3) is 0 Å². The van der Waals surface area contributed by atoms with E-state index in [0.29, 0.717) is 0 Å². The number of nitrogens with zero attached hydrogens (tertiary/aromatic N) is 3. The Kier molecular flexibility index (Phi) is 6.12. The first-order valence-electron chi connectivity index (χ1n) is 10.8. The van der Waals surface area contributed by atoms with E-state index in [1.54, 1.807) is 6.20 Å². The SMILES string of the molecule is O=C(Nc1ccc(N2CCCC2)nc1)NC1CCN(C2CCCCC2)CC1. The Morgan fingerprint density at radius 3 is 2.33 bits per heavy atom. The van der Waals surface area contributed by atoms with E-state index in [-0.39, 0.29) is 12.1 Å². The topological polar surface area (TPSA) is 60.5 Å². The lowest BCUT2D eigenvalue weighted by atomic mass is 9.92. The number of carbonyl (C=O) groups is 1. The summed E-state index contributed by atoms with van der Waals surface area (Å²) >= 11 is 0. The van der Waals surface area contributed by atoms with Crippen LogP contribution in [0.5, 0.6) is 0 Å². The molecule has 1 saturated carbocycles. The van der Waals surface area contributed by atoms with Crippen molar-refractivity contribution < 1.29 is 4.79 Å². The molecule has 148 valence electrons. The Morgan fingerprint density at radius 1 is 0.926 bits per heavy atom. The average Bonchev–Trinajstić information content (AvgIpc) is 3.25. The summed E-state index contributed by atoms with van der Waals surface area (Å²) in [5.74, 6) is 1.01. The number of anilines is 2. The molecule has 1 aliphatic carbocycles. The van der Waals surface area contributed by atoms with Gasteiger partial charge in [0.2, 0.25) is 0 Å². The highest BCUT2D eigenvalue weighted by Crippen LogP contribution is 2.25. The second-order valence-corrected chi connectivity index (χ2v) is 8.30. The van der Waals surface area contributed by atoms with Gasteiger partial charge in [-0.05, 0) is 50.7 Å². The van der Waals surface area contributed by atoms with Crippen LogP contribution in [0.15, 0.2) is 18.3 Å². The van der Waals surface area contributed by atoms with Gasteiger partial charge in [0.05, 0.1) is 11.9 Å². The maximum absolute atomic E-state index is 12.3. The number of piperidine rings is 1. The predicted molar refractivity (Wildman–Crippen MR) is 109 cm³/mol. The highest BCUT2D eigenvalue weighted by molar-refractivity contribution is 5.89. The third-order valence-electron chi connectivity index (χ3n) is 6.39. The maximum Gasteiger partial charge on any atom is 0.319 e. The number of rotatable bonds is 4. The fourth-order valence-corrected chi connectivity index (χ4v) is 4.80. The van der Waals surface area contributed by atoms with Gasteiger partial charge in [0.1, 0.15) is 5.82 Å². The molecular formula is C21H33N5O. The Balaban J connectivity index is 1.20. The number of amides is 2. The lowest BCUT2D eigenvalue weighted by Crippen LogP contribution is -2.49. The summed E-state index contributed by atoms with van der Waals surface area (Å²) < 4.78 is 0. The van der Waals surface area contributed by atoms with E-state index in [1.165, 1.54) is 44.9 Å². The molecule has 2 aliphatic heterocycles. The van der Waals surface area contributed by atoms with Gasteiger partial charge < -0.3 is 20.4 Å². The van der Waals surface area contributed by atoms with E-state index < -0.39 is 0 Å². The minimum absolute atomic E-state index is 0.109. The largest absolute Gasteiger partial charge is 0.357 e. The molecule has 0 spiro atoms. The van der Waals surface area contributed by atoms with Crippen molar-refractivity contribution in [2.75, 3.05) is 36.4 Å². The molecule has 6 heteroatoms. The van der Waals surface area contributed by atoms with Crippen LogP contribution in [0.2, 0.25) is 0 Å². The van der Waals surface area contributed by atoms with Gasteiger partial charge in [-0.15, -0.1) is 0 Å². The quantitative estimate of drug-likeness (QED) is 0.849. The van der Waals surface area contributed by atoms with Crippen molar-refractivity contribution in [2.45, 2.75) is 69.9 Å². The zero-order valence-electron chi connectivity index (χ0n) is 16.3. The van der Waals surface area contributed by atoms with Gasteiger partial charge in [0, 0.05) is 38.3 Å². The van der Waals surface area contributed by atoms with Crippen molar-refractivity contribution in [2.24, 2.45) is 0 Å². The van der Waals surface area contributed by atoms with Crippen molar-refractivity contribution in [1.29, 1.82) is 0 Å². The van der Waals surface area contributed by atoms with E-state index >= 15 is 0 Å². The third kappa shape index (κ3) is 4.92. The van der Waals surface area contributed by atoms with Crippen molar-refractivity contribution in [3.63, 3.8) is 0 Å². The molecule has 1 aromatic heterocycles. The molecule has 2 saturated heterocycles. The van der Waals surface area contributed by atoms with E-state index in [4.69, 9.17) is 0 Å². The number of hydrogen-bond donors (Lipinski definition) is 2. The smallest absolute Gasteiger partial charge is 0.319 e. The van der Waals surface area contributed by atoms with Crippen LogP contribution in [0.3, 0.4) is 0 Å². The number of likely N-dealkylation sites (tertiary alicyclic amines) is 1. The molecule has 0 bridgehead atoms. The molecule has 0 radical (unpaired) electrons. The van der Waals surface area contributed by atoms with Gasteiger partial charge in [-0.2, -0.15) is 0 Å². The van der Waals surface area contributed by atoms with Crippen molar-refractivity contribution in [3.8, 4) is 0 Å². The predicted octanol–water partition coefficient (Wildman–Crippen LogP) is 3.60. The van der Waals surface area contributed by atoms with Gasteiger partial charge in [-0.3, -0.25) is 0 Å². The molecule has 4 rings (SSSR count). The Labute approximate surface area is 162 Å². The second-order valence-electron chi connectivity index (χ2n) is 8.30. The lowest BCUT2D eigenvalue weighted by molar-refractivity contribution is 0.117. The van der Waals surface area contributed by atoms with Crippen LogP contribution >= 0.6 is 0 Å². The van der Waals surface area contributed by atoms with Crippen LogP contribution in [0.4, 0.5) is 16.3 Å². The molecule has 1 aromatic rings. The van der Waals surface area contributed by atoms with Gasteiger partial charge in [0.15, 0.2) is 0 Å². The fraction of sp³-hybridized carbons (Fsp3) is 0.714. The van der Waals surface area contributed by atoms with E-state index in [2.05, 4.69) is 25.4 Å². The number of carbonyl (C=O) groups excluding carboxylic acids is 1. The van der Waals surface area contributed by atoms with Crippen molar-refractivity contribution in [1.82, 2.24) is 15.2 Å². The molecule has 6 nitrogen and oxygen atoms in total. The Bertz CT molecular complexity index is 600. The summed E-state index contributed by atoms with van der Waals surface area (Å²) in [4.78, 5) is 21.8. The molecule has 3 fully saturated rings. The van der Waals surface area contributed by atoms with Crippen LogP contribution in [-0.2, 0) is 0 Å². The molecule has 2 amide bonds. The highest BCUT2D eigenvalue weighted by atomic mass is 16.2. The molecule has 27 heavy (non-hydrogen) atoms. The molecular weight excluding hydrogens is 338 g/mol. The van der Waals surface area contributed by atoms with Crippen LogP contribution in [0.25, 0.3) is 0 Å².